The van der Waals surface area contributed by atoms with Gasteiger partial charge in [-0.05, 0) is 56.0 Å². The number of aryl methyl sites for hydroxylation is 3. The lowest BCUT2D eigenvalue weighted by molar-refractivity contribution is 0.0947. The van der Waals surface area contributed by atoms with Crippen LogP contribution in [0.25, 0.3) is 0 Å². The van der Waals surface area contributed by atoms with Gasteiger partial charge in [0.05, 0.1) is 12.3 Å². The number of amides is 1. The summed E-state index contributed by atoms with van der Waals surface area (Å²) in [7, 11) is 1.55. The van der Waals surface area contributed by atoms with Crippen LogP contribution in [0.2, 0.25) is 0 Å². The van der Waals surface area contributed by atoms with Gasteiger partial charge in [0.25, 0.3) is 11.5 Å². The largest absolute Gasteiger partial charge is 0.494 e. The molecule has 1 amide bonds. The zero-order valence-corrected chi connectivity index (χ0v) is 15.5. The second-order valence-electron chi connectivity index (χ2n) is 6.13. The van der Waals surface area contributed by atoms with Crippen LogP contribution in [-0.2, 0) is 13.6 Å². The van der Waals surface area contributed by atoms with Crippen molar-refractivity contribution in [3.63, 3.8) is 0 Å². The third-order valence-electron chi connectivity index (χ3n) is 4.18. The number of nitrogens with zero attached hydrogens (tertiary/aromatic N) is 2. The minimum Gasteiger partial charge on any atom is -0.494 e. The Bertz CT molecular complexity index is 841. The highest BCUT2D eigenvalue weighted by molar-refractivity contribution is 5.95. The number of ether oxygens (including phenoxy) is 1. The Labute approximate surface area is 147 Å². The van der Waals surface area contributed by atoms with Crippen LogP contribution < -0.4 is 15.6 Å². The molecule has 134 valence electrons. The Hall–Kier alpha value is -2.63. The van der Waals surface area contributed by atoms with Gasteiger partial charge in [0.1, 0.15) is 11.3 Å². The van der Waals surface area contributed by atoms with E-state index >= 15 is 0 Å². The quantitative estimate of drug-likeness (QED) is 0.874. The lowest BCUT2D eigenvalue weighted by Gasteiger charge is -2.12. The average molecular weight is 343 g/mol. The molecule has 1 aromatic carbocycles. The van der Waals surface area contributed by atoms with E-state index in [2.05, 4.69) is 17.3 Å². The lowest BCUT2D eigenvalue weighted by Crippen LogP contribution is -2.35. The van der Waals surface area contributed by atoms with Gasteiger partial charge in [0.2, 0.25) is 0 Å². The van der Waals surface area contributed by atoms with E-state index in [-0.39, 0.29) is 17.0 Å². The average Bonchev–Trinajstić information content (AvgIpc) is 2.57. The molecule has 6 nitrogen and oxygen atoms in total. The minimum atomic E-state index is -0.388. The van der Waals surface area contributed by atoms with Crippen molar-refractivity contribution in [1.82, 2.24) is 15.1 Å². The first-order valence-electron chi connectivity index (χ1n) is 8.40. The van der Waals surface area contributed by atoms with E-state index in [1.54, 1.807) is 20.9 Å². The van der Waals surface area contributed by atoms with Gasteiger partial charge in [-0.3, -0.25) is 9.59 Å². The molecule has 0 aliphatic heterocycles. The summed E-state index contributed by atoms with van der Waals surface area (Å²) in [5.74, 6) is 0.443. The fourth-order valence-corrected chi connectivity index (χ4v) is 2.56. The number of hydrogen-bond acceptors (Lipinski definition) is 4. The second kappa shape index (κ2) is 7.96. The highest BCUT2D eigenvalue weighted by Crippen LogP contribution is 2.17. The molecule has 0 aliphatic carbocycles. The molecule has 0 saturated carbocycles. The molecule has 0 bridgehead atoms. The highest BCUT2D eigenvalue weighted by Gasteiger charge is 2.17. The number of nitrogens with one attached hydrogen (secondary N) is 1. The smallest absolute Gasteiger partial charge is 0.279 e. The van der Waals surface area contributed by atoms with Gasteiger partial charge in [0, 0.05) is 13.6 Å². The minimum absolute atomic E-state index is 0.149. The summed E-state index contributed by atoms with van der Waals surface area (Å²) in [4.78, 5) is 24.7. The molecule has 1 heterocycles. The van der Waals surface area contributed by atoms with E-state index in [1.807, 2.05) is 25.1 Å². The van der Waals surface area contributed by atoms with Gasteiger partial charge in [-0.15, -0.1) is 0 Å². The van der Waals surface area contributed by atoms with Crippen molar-refractivity contribution < 1.29 is 9.53 Å². The van der Waals surface area contributed by atoms with Crippen LogP contribution in [0.5, 0.6) is 5.75 Å². The number of carbonyl (C=O) groups is 1. The molecule has 0 unspecified atom stereocenters. The van der Waals surface area contributed by atoms with Gasteiger partial charge in [-0.25, -0.2) is 4.68 Å². The van der Waals surface area contributed by atoms with Crippen molar-refractivity contribution in [3.05, 3.63) is 56.5 Å². The van der Waals surface area contributed by atoms with Crippen molar-refractivity contribution in [3.8, 4) is 5.75 Å². The maximum absolute atomic E-state index is 12.5. The number of hydrogen-bond donors (Lipinski definition) is 1. The highest BCUT2D eigenvalue weighted by atomic mass is 16.5. The van der Waals surface area contributed by atoms with Crippen LogP contribution in [0.1, 0.15) is 46.1 Å². The summed E-state index contributed by atoms with van der Waals surface area (Å²) in [6.45, 7) is 8.58. The monoisotopic (exact) mass is 343 g/mol. The van der Waals surface area contributed by atoms with Gasteiger partial charge < -0.3 is 10.1 Å². The van der Waals surface area contributed by atoms with Crippen molar-refractivity contribution in [1.29, 1.82) is 0 Å². The Morgan fingerprint density at radius 3 is 2.64 bits per heavy atom. The molecule has 0 atom stereocenters. The number of benzene rings is 1. The van der Waals surface area contributed by atoms with Crippen molar-refractivity contribution in [2.75, 3.05) is 6.61 Å². The summed E-state index contributed by atoms with van der Waals surface area (Å²) in [5.41, 5.74) is 3.06. The Balaban J connectivity index is 2.15. The summed E-state index contributed by atoms with van der Waals surface area (Å²) >= 11 is 0. The van der Waals surface area contributed by atoms with E-state index < -0.39 is 0 Å². The van der Waals surface area contributed by atoms with E-state index in [9.17, 15) is 9.59 Å². The molecular weight excluding hydrogens is 318 g/mol. The predicted molar refractivity (Wildman–Crippen MR) is 97.1 cm³/mol. The fourth-order valence-electron chi connectivity index (χ4n) is 2.56. The molecule has 6 heteroatoms. The molecule has 2 rings (SSSR count). The van der Waals surface area contributed by atoms with Gasteiger partial charge >= 0.3 is 0 Å². The predicted octanol–water partition coefficient (Wildman–Crippen LogP) is 2.42. The zero-order valence-electron chi connectivity index (χ0n) is 15.5. The van der Waals surface area contributed by atoms with Crippen LogP contribution in [0, 0.1) is 20.8 Å². The van der Waals surface area contributed by atoms with Crippen LogP contribution in [-0.4, -0.2) is 22.3 Å². The third-order valence-corrected chi connectivity index (χ3v) is 4.18. The zero-order chi connectivity index (χ0) is 18.6. The van der Waals surface area contributed by atoms with E-state index in [0.717, 1.165) is 23.3 Å². The maximum atomic E-state index is 12.5. The fraction of sp³-hybridized carbons (Fsp3) is 0.421. The van der Waals surface area contributed by atoms with Gasteiger partial charge in [-0.2, -0.15) is 5.10 Å². The summed E-state index contributed by atoms with van der Waals surface area (Å²) < 4.78 is 6.80. The molecular formula is C19H25N3O3. The van der Waals surface area contributed by atoms with Crippen LogP contribution >= 0.6 is 0 Å². The molecule has 0 spiro atoms. The Kier molecular flexibility index (Phi) is 5.96. The third kappa shape index (κ3) is 4.26. The van der Waals surface area contributed by atoms with E-state index in [1.165, 1.54) is 4.68 Å². The number of carbonyl (C=O) groups excluding carboxylic acids is 1. The SMILES string of the molecule is CCCOc1ccc(CNC(=O)c2c(C)c(C)nn(C)c2=O)c(C)c1. The first-order valence-corrected chi connectivity index (χ1v) is 8.40. The second-order valence-corrected chi connectivity index (χ2v) is 6.13. The Morgan fingerprint density at radius 1 is 1.28 bits per heavy atom. The molecule has 1 N–H and O–H groups in total. The molecule has 0 radical (unpaired) electrons. The summed E-state index contributed by atoms with van der Waals surface area (Å²) in [6.07, 6.45) is 0.955. The van der Waals surface area contributed by atoms with Gasteiger partial charge in [-0.1, -0.05) is 13.0 Å². The van der Waals surface area contributed by atoms with Crippen LogP contribution in [0.4, 0.5) is 0 Å². The topological polar surface area (TPSA) is 73.2 Å². The first kappa shape index (κ1) is 18.7. The normalized spacial score (nSPS) is 10.6. The van der Waals surface area contributed by atoms with E-state index in [4.69, 9.17) is 4.74 Å². The summed E-state index contributed by atoms with van der Waals surface area (Å²) in [6, 6.07) is 5.78. The number of aromatic nitrogens is 2. The van der Waals surface area contributed by atoms with Crippen molar-refractivity contribution >= 4 is 5.91 Å². The molecule has 1 aromatic heterocycles. The molecule has 25 heavy (non-hydrogen) atoms. The summed E-state index contributed by atoms with van der Waals surface area (Å²) in [5, 5.41) is 6.93. The van der Waals surface area contributed by atoms with Crippen LogP contribution in [0.15, 0.2) is 23.0 Å². The van der Waals surface area contributed by atoms with Gasteiger partial charge in [0.15, 0.2) is 0 Å². The maximum Gasteiger partial charge on any atom is 0.279 e. The Morgan fingerprint density at radius 2 is 2.00 bits per heavy atom. The standard InChI is InChI=1S/C19H25N3O3/c1-6-9-25-16-8-7-15(12(2)10-16)11-20-18(23)17-13(3)14(4)21-22(5)19(17)24/h7-8,10H,6,9,11H2,1-5H3,(H,20,23). The van der Waals surface area contributed by atoms with Crippen LogP contribution in [0.3, 0.4) is 0 Å². The molecule has 0 fully saturated rings. The lowest BCUT2D eigenvalue weighted by atomic mass is 10.1. The molecule has 2 aromatic rings. The molecule has 0 saturated heterocycles. The van der Waals surface area contributed by atoms with Crippen molar-refractivity contribution in [2.45, 2.75) is 40.7 Å². The molecule has 0 aliphatic rings. The number of rotatable bonds is 6. The first-order chi connectivity index (χ1) is 11.8. The van der Waals surface area contributed by atoms with E-state index in [0.29, 0.717) is 24.4 Å². The van der Waals surface area contributed by atoms with Crippen molar-refractivity contribution in [2.24, 2.45) is 7.05 Å².